The normalized spacial score (nSPS) is 13.9. The summed E-state index contributed by atoms with van der Waals surface area (Å²) in [6.07, 6.45) is 0. The lowest BCUT2D eigenvalue weighted by Crippen LogP contribution is -2.28. The Balaban J connectivity index is 1.76. The molecule has 1 N–H and O–H groups in total. The number of nitrogens with one attached hydrogen (secondary N) is 1. The average Bonchev–Trinajstić information content (AvgIpc) is 3.21. The van der Waals surface area contributed by atoms with Crippen LogP contribution in [0.15, 0.2) is 52.9 Å². The van der Waals surface area contributed by atoms with Crippen LogP contribution in [-0.2, 0) is 5.41 Å². The summed E-state index contributed by atoms with van der Waals surface area (Å²) in [6, 6.07) is 14.8. The molecule has 2 atom stereocenters. The SMILES string of the molecule is CC(C)[C@H](N[C@@H](C)c1nnc(-c2ccc([N+](=O)[O-])cc2)o1)c1ccc(C(C)(C)C)cc1. The standard InChI is InChI=1S/C24H30N4O3/c1-15(2)21(17-7-11-19(12-8-17)24(4,5)6)25-16(3)22-26-27-23(31-22)18-9-13-20(14-10-18)28(29)30/h7-16,21,25H,1-6H3/t16-,21-/m0/s1. The Hall–Kier alpha value is -3.06. The summed E-state index contributed by atoms with van der Waals surface area (Å²) in [6.45, 7) is 13.0. The molecule has 0 saturated carbocycles. The molecule has 7 heteroatoms. The van der Waals surface area contributed by atoms with E-state index in [4.69, 9.17) is 4.42 Å². The van der Waals surface area contributed by atoms with Gasteiger partial charge in [0.1, 0.15) is 0 Å². The van der Waals surface area contributed by atoms with Gasteiger partial charge < -0.3 is 4.42 Å². The molecule has 31 heavy (non-hydrogen) atoms. The molecule has 0 aliphatic rings. The Kier molecular flexibility index (Phi) is 6.55. The molecular formula is C24H30N4O3. The van der Waals surface area contributed by atoms with Crippen molar-refractivity contribution in [3.63, 3.8) is 0 Å². The van der Waals surface area contributed by atoms with Gasteiger partial charge in [0.05, 0.1) is 11.0 Å². The van der Waals surface area contributed by atoms with E-state index in [1.165, 1.54) is 23.3 Å². The topological polar surface area (TPSA) is 94.1 Å². The molecular weight excluding hydrogens is 392 g/mol. The summed E-state index contributed by atoms with van der Waals surface area (Å²) in [5.41, 5.74) is 3.30. The zero-order valence-electron chi connectivity index (χ0n) is 18.9. The molecule has 0 fully saturated rings. The Morgan fingerprint density at radius 3 is 2.10 bits per heavy atom. The van der Waals surface area contributed by atoms with Gasteiger partial charge in [-0.25, -0.2) is 0 Å². The minimum Gasteiger partial charge on any atom is -0.419 e. The molecule has 3 rings (SSSR count). The molecule has 0 amide bonds. The van der Waals surface area contributed by atoms with E-state index >= 15 is 0 Å². The lowest BCUT2D eigenvalue weighted by atomic mass is 9.85. The van der Waals surface area contributed by atoms with Crippen LogP contribution in [0.4, 0.5) is 5.69 Å². The van der Waals surface area contributed by atoms with Crippen molar-refractivity contribution in [3.05, 3.63) is 75.7 Å². The third kappa shape index (κ3) is 5.35. The fraction of sp³-hybridized carbons (Fsp3) is 0.417. The molecule has 3 aromatic rings. The summed E-state index contributed by atoms with van der Waals surface area (Å²) >= 11 is 0. The number of nitro benzene ring substituents is 1. The fourth-order valence-electron chi connectivity index (χ4n) is 3.46. The summed E-state index contributed by atoms with van der Waals surface area (Å²) in [4.78, 5) is 10.4. The van der Waals surface area contributed by atoms with Gasteiger partial charge in [0, 0.05) is 23.7 Å². The summed E-state index contributed by atoms with van der Waals surface area (Å²) in [7, 11) is 0. The first-order chi connectivity index (χ1) is 14.6. The molecule has 7 nitrogen and oxygen atoms in total. The number of nitrogens with zero attached hydrogens (tertiary/aromatic N) is 3. The molecule has 0 spiro atoms. The third-order valence-corrected chi connectivity index (χ3v) is 5.37. The molecule has 1 heterocycles. The summed E-state index contributed by atoms with van der Waals surface area (Å²) < 4.78 is 5.86. The van der Waals surface area contributed by atoms with Crippen molar-refractivity contribution in [2.45, 2.75) is 59.0 Å². The number of rotatable bonds is 7. The molecule has 0 aliphatic carbocycles. The molecule has 0 saturated heterocycles. The zero-order chi connectivity index (χ0) is 22.8. The van der Waals surface area contributed by atoms with Crippen LogP contribution in [0.3, 0.4) is 0 Å². The molecule has 0 aliphatic heterocycles. The van der Waals surface area contributed by atoms with E-state index in [9.17, 15) is 10.1 Å². The van der Waals surface area contributed by atoms with Crippen LogP contribution in [0.5, 0.6) is 0 Å². The number of hydrogen-bond acceptors (Lipinski definition) is 6. The lowest BCUT2D eigenvalue weighted by Gasteiger charge is -2.27. The maximum Gasteiger partial charge on any atom is 0.269 e. The van der Waals surface area contributed by atoms with Crippen LogP contribution in [0.1, 0.15) is 70.6 Å². The largest absolute Gasteiger partial charge is 0.419 e. The van der Waals surface area contributed by atoms with Crippen molar-refractivity contribution >= 4 is 5.69 Å². The Labute approximate surface area is 183 Å². The minimum absolute atomic E-state index is 0.0239. The predicted octanol–water partition coefficient (Wildman–Crippen LogP) is 5.99. The smallest absolute Gasteiger partial charge is 0.269 e. The van der Waals surface area contributed by atoms with Gasteiger partial charge >= 0.3 is 0 Å². The Bertz CT molecular complexity index is 1020. The minimum atomic E-state index is -0.435. The van der Waals surface area contributed by atoms with E-state index in [-0.39, 0.29) is 23.2 Å². The van der Waals surface area contributed by atoms with Gasteiger partial charge in [-0.05, 0) is 41.5 Å². The van der Waals surface area contributed by atoms with Crippen molar-refractivity contribution in [3.8, 4) is 11.5 Å². The van der Waals surface area contributed by atoms with Crippen molar-refractivity contribution < 1.29 is 9.34 Å². The molecule has 1 aromatic heterocycles. The van der Waals surface area contributed by atoms with E-state index in [0.29, 0.717) is 23.3 Å². The number of benzene rings is 2. The second-order valence-electron chi connectivity index (χ2n) is 9.23. The molecule has 0 bridgehead atoms. The predicted molar refractivity (Wildman–Crippen MR) is 121 cm³/mol. The van der Waals surface area contributed by atoms with Gasteiger partial charge in [-0.3, -0.25) is 15.4 Å². The highest BCUT2D eigenvalue weighted by Gasteiger charge is 2.23. The van der Waals surface area contributed by atoms with E-state index in [1.807, 2.05) is 6.92 Å². The van der Waals surface area contributed by atoms with Gasteiger partial charge in [-0.2, -0.15) is 0 Å². The van der Waals surface area contributed by atoms with Crippen LogP contribution in [0.25, 0.3) is 11.5 Å². The zero-order valence-corrected chi connectivity index (χ0v) is 18.9. The van der Waals surface area contributed by atoms with Crippen molar-refractivity contribution in [1.29, 1.82) is 0 Å². The van der Waals surface area contributed by atoms with Gasteiger partial charge in [-0.1, -0.05) is 58.9 Å². The average molecular weight is 423 g/mol. The van der Waals surface area contributed by atoms with Crippen molar-refractivity contribution in [2.75, 3.05) is 0 Å². The van der Waals surface area contributed by atoms with Crippen molar-refractivity contribution in [2.24, 2.45) is 5.92 Å². The van der Waals surface area contributed by atoms with Crippen LogP contribution in [0, 0.1) is 16.0 Å². The lowest BCUT2D eigenvalue weighted by molar-refractivity contribution is -0.384. The van der Waals surface area contributed by atoms with Gasteiger partial charge in [0.25, 0.3) is 5.69 Å². The first kappa shape index (κ1) is 22.6. The quantitative estimate of drug-likeness (QED) is 0.371. The highest BCUT2D eigenvalue weighted by molar-refractivity contribution is 5.55. The highest BCUT2D eigenvalue weighted by Crippen LogP contribution is 2.29. The van der Waals surface area contributed by atoms with E-state index in [0.717, 1.165) is 0 Å². The molecule has 164 valence electrons. The van der Waals surface area contributed by atoms with Gasteiger partial charge in [0.2, 0.25) is 11.8 Å². The first-order valence-corrected chi connectivity index (χ1v) is 10.5. The maximum atomic E-state index is 10.8. The molecule has 0 unspecified atom stereocenters. The third-order valence-electron chi connectivity index (χ3n) is 5.37. The van der Waals surface area contributed by atoms with Gasteiger partial charge in [-0.15, -0.1) is 10.2 Å². The monoisotopic (exact) mass is 422 g/mol. The molecule has 2 aromatic carbocycles. The summed E-state index contributed by atoms with van der Waals surface area (Å²) in [5.74, 6) is 1.18. The van der Waals surface area contributed by atoms with Crippen LogP contribution in [0.2, 0.25) is 0 Å². The van der Waals surface area contributed by atoms with E-state index < -0.39 is 4.92 Å². The van der Waals surface area contributed by atoms with E-state index in [1.54, 1.807) is 12.1 Å². The van der Waals surface area contributed by atoms with Crippen LogP contribution in [-0.4, -0.2) is 15.1 Å². The fourth-order valence-corrected chi connectivity index (χ4v) is 3.46. The highest BCUT2D eigenvalue weighted by atomic mass is 16.6. The van der Waals surface area contributed by atoms with E-state index in [2.05, 4.69) is 74.4 Å². The van der Waals surface area contributed by atoms with Crippen LogP contribution < -0.4 is 5.32 Å². The molecule has 0 radical (unpaired) electrons. The number of aromatic nitrogens is 2. The number of hydrogen-bond donors (Lipinski definition) is 1. The first-order valence-electron chi connectivity index (χ1n) is 10.5. The number of non-ortho nitro benzene ring substituents is 1. The van der Waals surface area contributed by atoms with Gasteiger partial charge in [0.15, 0.2) is 0 Å². The summed E-state index contributed by atoms with van der Waals surface area (Å²) in [5, 5.41) is 22.7. The van der Waals surface area contributed by atoms with Crippen molar-refractivity contribution in [1.82, 2.24) is 15.5 Å². The maximum absolute atomic E-state index is 10.8. The number of nitro groups is 1. The van der Waals surface area contributed by atoms with Crippen LogP contribution >= 0.6 is 0 Å². The second kappa shape index (κ2) is 8.98. The Morgan fingerprint density at radius 1 is 0.968 bits per heavy atom. The second-order valence-corrected chi connectivity index (χ2v) is 9.23. The Morgan fingerprint density at radius 2 is 1.58 bits per heavy atom.